The van der Waals surface area contributed by atoms with Gasteiger partial charge < -0.3 is 15.0 Å². The fourth-order valence-corrected chi connectivity index (χ4v) is 1.96. The molecule has 1 heterocycles. The van der Waals surface area contributed by atoms with Crippen molar-refractivity contribution in [3.8, 4) is 5.75 Å². The zero-order valence-electron chi connectivity index (χ0n) is 10.3. The largest absolute Gasteiger partial charge is 0.489 e. The van der Waals surface area contributed by atoms with Gasteiger partial charge in [0.1, 0.15) is 0 Å². The lowest BCUT2D eigenvalue weighted by molar-refractivity contribution is 0.406. The predicted octanol–water partition coefficient (Wildman–Crippen LogP) is 1.77. The van der Waals surface area contributed by atoms with Crippen LogP contribution in [0.4, 0.5) is 5.82 Å². The van der Waals surface area contributed by atoms with Gasteiger partial charge in [0, 0.05) is 6.04 Å². The summed E-state index contributed by atoms with van der Waals surface area (Å²) in [7, 11) is 1.49. The number of anilines is 1. The summed E-state index contributed by atoms with van der Waals surface area (Å²) in [5, 5.41) is 3.30. The number of hydrogen-bond donors (Lipinski definition) is 2. The van der Waals surface area contributed by atoms with E-state index in [9.17, 15) is 4.79 Å². The third-order valence-electron chi connectivity index (χ3n) is 3.16. The fourth-order valence-electron chi connectivity index (χ4n) is 1.96. The van der Waals surface area contributed by atoms with Gasteiger partial charge in [-0.15, -0.1) is 0 Å². The van der Waals surface area contributed by atoms with Crippen LogP contribution in [0.15, 0.2) is 11.1 Å². The second-order valence-corrected chi connectivity index (χ2v) is 4.54. The molecule has 0 aromatic carbocycles. The standard InChI is InChI=1S/C12H19N3O2/c1-3-9(6-8-4-5-8)15-11-10(17-2)12(16)14-7-13-11/h7-9H,3-6H2,1-2H3,(H2,13,14,15,16). The lowest BCUT2D eigenvalue weighted by Crippen LogP contribution is -2.22. The summed E-state index contributed by atoms with van der Waals surface area (Å²) in [4.78, 5) is 18.2. The van der Waals surface area contributed by atoms with Crippen molar-refractivity contribution in [2.24, 2.45) is 5.92 Å². The van der Waals surface area contributed by atoms with Gasteiger partial charge in [-0.05, 0) is 18.8 Å². The van der Waals surface area contributed by atoms with Crippen molar-refractivity contribution in [3.05, 3.63) is 16.7 Å². The maximum atomic E-state index is 11.5. The van der Waals surface area contributed by atoms with E-state index in [1.807, 2.05) is 0 Å². The molecule has 0 radical (unpaired) electrons. The molecule has 1 aliphatic rings. The van der Waals surface area contributed by atoms with Crippen LogP contribution in [0.2, 0.25) is 0 Å². The van der Waals surface area contributed by atoms with Crippen molar-refractivity contribution in [2.45, 2.75) is 38.6 Å². The Bertz CT molecular complexity index is 426. The monoisotopic (exact) mass is 237 g/mol. The van der Waals surface area contributed by atoms with Gasteiger partial charge in [-0.1, -0.05) is 19.8 Å². The van der Waals surface area contributed by atoms with E-state index in [1.54, 1.807) is 0 Å². The molecule has 1 aliphatic carbocycles. The zero-order valence-corrected chi connectivity index (χ0v) is 10.3. The third kappa shape index (κ3) is 2.99. The van der Waals surface area contributed by atoms with Gasteiger partial charge >= 0.3 is 0 Å². The lowest BCUT2D eigenvalue weighted by atomic mass is 10.1. The van der Waals surface area contributed by atoms with Crippen molar-refractivity contribution in [1.82, 2.24) is 9.97 Å². The quantitative estimate of drug-likeness (QED) is 0.791. The zero-order chi connectivity index (χ0) is 12.3. The van der Waals surface area contributed by atoms with Gasteiger partial charge in [0.2, 0.25) is 5.75 Å². The highest BCUT2D eigenvalue weighted by atomic mass is 16.5. The molecule has 17 heavy (non-hydrogen) atoms. The fraction of sp³-hybridized carbons (Fsp3) is 0.667. The smallest absolute Gasteiger partial charge is 0.295 e. The Morgan fingerprint density at radius 2 is 2.41 bits per heavy atom. The maximum Gasteiger partial charge on any atom is 0.295 e. The number of hydrogen-bond acceptors (Lipinski definition) is 4. The van der Waals surface area contributed by atoms with Crippen LogP contribution < -0.4 is 15.6 Å². The van der Waals surface area contributed by atoms with Crippen LogP contribution in [0.3, 0.4) is 0 Å². The molecule has 2 N–H and O–H groups in total. The van der Waals surface area contributed by atoms with Crippen LogP contribution >= 0.6 is 0 Å². The van der Waals surface area contributed by atoms with Crippen molar-refractivity contribution in [1.29, 1.82) is 0 Å². The minimum Gasteiger partial charge on any atom is -0.489 e. The summed E-state index contributed by atoms with van der Waals surface area (Å²) in [6.45, 7) is 2.14. The number of aromatic nitrogens is 2. The maximum absolute atomic E-state index is 11.5. The number of nitrogens with zero attached hydrogens (tertiary/aromatic N) is 1. The van der Waals surface area contributed by atoms with E-state index in [0.29, 0.717) is 11.9 Å². The van der Waals surface area contributed by atoms with Crippen molar-refractivity contribution in [3.63, 3.8) is 0 Å². The highest BCUT2D eigenvalue weighted by Gasteiger charge is 2.25. The summed E-state index contributed by atoms with van der Waals surface area (Å²) in [6, 6.07) is 0.366. The van der Waals surface area contributed by atoms with Crippen LogP contribution in [-0.4, -0.2) is 23.1 Å². The van der Waals surface area contributed by atoms with Crippen LogP contribution in [0.5, 0.6) is 5.75 Å². The topological polar surface area (TPSA) is 67.0 Å². The molecular weight excluding hydrogens is 218 g/mol. The molecule has 1 fully saturated rings. The van der Waals surface area contributed by atoms with Gasteiger partial charge in [0.05, 0.1) is 13.4 Å². The summed E-state index contributed by atoms with van der Waals surface area (Å²) in [6.07, 6.45) is 6.23. The molecule has 5 heteroatoms. The van der Waals surface area contributed by atoms with Crippen LogP contribution in [-0.2, 0) is 0 Å². The lowest BCUT2D eigenvalue weighted by Gasteiger charge is -2.18. The first-order valence-electron chi connectivity index (χ1n) is 6.12. The number of H-pyrrole nitrogens is 1. The molecule has 1 aromatic heterocycles. The molecular formula is C12H19N3O2. The van der Waals surface area contributed by atoms with Crippen molar-refractivity contribution in [2.75, 3.05) is 12.4 Å². The number of rotatable bonds is 6. The molecule has 1 unspecified atom stereocenters. The van der Waals surface area contributed by atoms with Gasteiger partial charge in [-0.25, -0.2) is 4.98 Å². The van der Waals surface area contributed by atoms with E-state index in [1.165, 1.54) is 26.3 Å². The average molecular weight is 237 g/mol. The van der Waals surface area contributed by atoms with Gasteiger partial charge in [-0.3, -0.25) is 4.79 Å². The van der Waals surface area contributed by atoms with Gasteiger partial charge in [0.15, 0.2) is 5.82 Å². The minimum atomic E-state index is -0.244. The van der Waals surface area contributed by atoms with Crippen molar-refractivity contribution < 1.29 is 4.74 Å². The third-order valence-corrected chi connectivity index (χ3v) is 3.16. The highest BCUT2D eigenvalue weighted by Crippen LogP contribution is 2.35. The number of methoxy groups -OCH3 is 1. The summed E-state index contributed by atoms with van der Waals surface area (Å²) >= 11 is 0. The Morgan fingerprint density at radius 1 is 1.65 bits per heavy atom. The molecule has 0 aliphatic heterocycles. The van der Waals surface area contributed by atoms with Crippen LogP contribution in [0.25, 0.3) is 0 Å². The molecule has 2 rings (SSSR count). The molecule has 0 spiro atoms. The predicted molar refractivity (Wildman–Crippen MR) is 66.5 cm³/mol. The van der Waals surface area contributed by atoms with E-state index in [0.717, 1.165) is 18.8 Å². The van der Waals surface area contributed by atoms with Gasteiger partial charge in [0.25, 0.3) is 5.56 Å². The first-order valence-corrected chi connectivity index (χ1v) is 6.12. The molecule has 1 aromatic rings. The summed E-state index contributed by atoms with van der Waals surface area (Å²) in [5.41, 5.74) is -0.244. The Kier molecular flexibility index (Phi) is 3.66. The molecule has 0 saturated heterocycles. The molecule has 5 nitrogen and oxygen atoms in total. The number of nitrogens with one attached hydrogen (secondary N) is 2. The molecule has 1 atom stereocenters. The minimum absolute atomic E-state index is 0.244. The second kappa shape index (κ2) is 5.21. The van der Waals surface area contributed by atoms with Crippen molar-refractivity contribution >= 4 is 5.82 Å². The van der Waals surface area contributed by atoms with E-state index in [2.05, 4.69) is 22.2 Å². The number of aromatic amines is 1. The Balaban J connectivity index is 2.09. The molecule has 0 bridgehead atoms. The normalized spacial score (nSPS) is 16.6. The molecule has 94 valence electrons. The first kappa shape index (κ1) is 12.0. The van der Waals surface area contributed by atoms with E-state index < -0.39 is 0 Å². The average Bonchev–Trinajstić information content (AvgIpc) is 3.12. The summed E-state index contributed by atoms with van der Waals surface area (Å²) in [5.74, 6) is 1.66. The Hall–Kier alpha value is -1.52. The van der Waals surface area contributed by atoms with E-state index >= 15 is 0 Å². The van der Waals surface area contributed by atoms with Crippen LogP contribution in [0, 0.1) is 5.92 Å². The van der Waals surface area contributed by atoms with E-state index in [-0.39, 0.29) is 11.3 Å². The second-order valence-electron chi connectivity index (χ2n) is 4.54. The number of ether oxygens (including phenoxy) is 1. The van der Waals surface area contributed by atoms with Gasteiger partial charge in [-0.2, -0.15) is 0 Å². The first-order chi connectivity index (χ1) is 8.24. The highest BCUT2D eigenvalue weighted by molar-refractivity contribution is 5.48. The molecule has 1 saturated carbocycles. The summed E-state index contributed by atoms with van der Waals surface area (Å²) < 4.78 is 5.07. The molecule has 0 amide bonds. The Morgan fingerprint density at radius 3 is 3.00 bits per heavy atom. The SMILES string of the molecule is CCC(CC1CC1)Nc1nc[nH]c(=O)c1OC. The Labute approximate surface area is 101 Å². The van der Waals surface area contributed by atoms with E-state index in [4.69, 9.17) is 4.74 Å². The van der Waals surface area contributed by atoms with Crippen LogP contribution in [0.1, 0.15) is 32.6 Å².